The minimum absolute atomic E-state index is 0.186. The van der Waals surface area contributed by atoms with Gasteiger partial charge in [-0.1, -0.05) is 60.7 Å². The van der Waals surface area contributed by atoms with E-state index in [0.29, 0.717) is 38.8 Å². The number of nitrogens with two attached hydrogens (primary N) is 1. The summed E-state index contributed by atoms with van der Waals surface area (Å²) < 4.78 is 10.6. The second-order valence-corrected chi connectivity index (χ2v) is 8.37. The number of unbranched alkanes of at least 4 members (excludes halogenated alkanes) is 1. The summed E-state index contributed by atoms with van der Waals surface area (Å²) in [5.74, 6) is -0.616. The molecule has 1 fully saturated rings. The Kier molecular flexibility index (Phi) is 9.91. The molecule has 0 unspecified atom stereocenters. The fourth-order valence-corrected chi connectivity index (χ4v) is 3.89. The Hall–Kier alpha value is -3.39. The van der Waals surface area contributed by atoms with Crippen molar-refractivity contribution >= 4 is 18.0 Å². The molecule has 0 radical (unpaired) electrons. The topological polar surface area (TPSA) is 111 Å². The van der Waals surface area contributed by atoms with Crippen LogP contribution in [0.2, 0.25) is 0 Å². The first-order chi connectivity index (χ1) is 16.5. The number of alkyl carbamates (subject to hydrolysis) is 1. The van der Waals surface area contributed by atoms with Gasteiger partial charge in [-0.3, -0.25) is 4.79 Å². The monoisotopic (exact) mass is 467 g/mol. The normalized spacial score (nSPS) is 16.0. The van der Waals surface area contributed by atoms with Gasteiger partial charge in [-0.25, -0.2) is 9.59 Å². The van der Waals surface area contributed by atoms with Gasteiger partial charge in [0.25, 0.3) is 0 Å². The van der Waals surface area contributed by atoms with Gasteiger partial charge < -0.3 is 25.4 Å². The van der Waals surface area contributed by atoms with E-state index in [4.69, 9.17) is 15.2 Å². The van der Waals surface area contributed by atoms with Gasteiger partial charge in [0.05, 0.1) is 6.04 Å². The Morgan fingerprint density at radius 3 is 2.21 bits per heavy atom. The van der Waals surface area contributed by atoms with Crippen molar-refractivity contribution < 1.29 is 23.9 Å². The predicted octanol–water partition coefficient (Wildman–Crippen LogP) is 3.14. The van der Waals surface area contributed by atoms with Crippen molar-refractivity contribution in [3.8, 4) is 0 Å². The Morgan fingerprint density at radius 2 is 1.56 bits per heavy atom. The number of benzene rings is 2. The van der Waals surface area contributed by atoms with Gasteiger partial charge in [0.1, 0.15) is 19.3 Å². The molecule has 0 spiro atoms. The van der Waals surface area contributed by atoms with Crippen LogP contribution in [0.5, 0.6) is 0 Å². The zero-order chi connectivity index (χ0) is 24.2. The zero-order valence-corrected chi connectivity index (χ0v) is 19.4. The van der Waals surface area contributed by atoms with E-state index >= 15 is 0 Å². The van der Waals surface area contributed by atoms with Crippen molar-refractivity contribution in [2.75, 3.05) is 13.1 Å². The summed E-state index contributed by atoms with van der Waals surface area (Å²) in [5, 5.41) is 2.70. The number of hydrogen-bond acceptors (Lipinski definition) is 6. The molecule has 0 bridgehead atoms. The third-order valence-corrected chi connectivity index (χ3v) is 5.77. The quantitative estimate of drug-likeness (QED) is 0.388. The molecule has 0 aromatic heterocycles. The molecular formula is C26H33N3O5. The molecular weight excluding hydrogens is 434 g/mol. The van der Waals surface area contributed by atoms with Crippen molar-refractivity contribution in [3.05, 3.63) is 71.8 Å². The Bertz CT molecular complexity index is 923. The summed E-state index contributed by atoms with van der Waals surface area (Å²) >= 11 is 0. The second-order valence-electron chi connectivity index (χ2n) is 8.37. The number of esters is 1. The van der Waals surface area contributed by atoms with Gasteiger partial charge in [0, 0.05) is 13.1 Å². The van der Waals surface area contributed by atoms with E-state index in [0.717, 1.165) is 17.5 Å². The molecule has 34 heavy (non-hydrogen) atoms. The SMILES string of the molecule is N[C@@H](CCCCNC(=O)OCc1ccccc1)C(=O)N1CCC[C@H]1C(=O)OCc1ccccc1. The molecule has 2 amide bonds. The molecule has 2 aromatic rings. The molecule has 182 valence electrons. The largest absolute Gasteiger partial charge is 0.459 e. The van der Waals surface area contributed by atoms with Crippen LogP contribution in [0.3, 0.4) is 0 Å². The number of carbonyl (C=O) groups excluding carboxylic acids is 3. The van der Waals surface area contributed by atoms with Gasteiger partial charge in [-0.05, 0) is 43.2 Å². The summed E-state index contributed by atoms with van der Waals surface area (Å²) in [4.78, 5) is 38.7. The second kappa shape index (κ2) is 13.3. The average Bonchev–Trinajstić information content (AvgIpc) is 3.36. The number of amides is 2. The van der Waals surface area contributed by atoms with E-state index < -0.39 is 18.2 Å². The number of ether oxygens (including phenoxy) is 2. The van der Waals surface area contributed by atoms with Crippen LogP contribution in [-0.4, -0.2) is 48.0 Å². The first kappa shape index (κ1) is 25.2. The maximum atomic E-state index is 12.8. The maximum absolute atomic E-state index is 12.8. The van der Waals surface area contributed by atoms with Gasteiger partial charge in [-0.2, -0.15) is 0 Å². The highest BCUT2D eigenvalue weighted by molar-refractivity contribution is 5.88. The van der Waals surface area contributed by atoms with Crippen LogP contribution in [0, 0.1) is 0 Å². The number of rotatable bonds is 11. The van der Waals surface area contributed by atoms with Crippen LogP contribution in [0.15, 0.2) is 60.7 Å². The molecule has 8 nitrogen and oxygen atoms in total. The Morgan fingerprint density at radius 1 is 0.941 bits per heavy atom. The minimum atomic E-state index is -0.687. The standard InChI is InChI=1S/C26H33N3O5/c27-22(14-7-8-16-28-26(32)34-19-21-12-5-2-6-13-21)24(30)29-17-9-15-23(29)25(31)33-18-20-10-3-1-4-11-20/h1-6,10-13,22-23H,7-9,14-19,27H2,(H,28,32)/t22-,23-/m0/s1. The Balaban J connectivity index is 1.32. The fraction of sp³-hybridized carbons (Fsp3) is 0.423. The van der Waals surface area contributed by atoms with E-state index in [1.54, 1.807) is 4.90 Å². The molecule has 1 heterocycles. The van der Waals surface area contributed by atoms with Crippen molar-refractivity contribution in [3.63, 3.8) is 0 Å². The zero-order valence-electron chi connectivity index (χ0n) is 19.4. The number of nitrogens with one attached hydrogen (secondary N) is 1. The lowest BCUT2D eigenvalue weighted by atomic mass is 10.1. The van der Waals surface area contributed by atoms with Gasteiger partial charge in [-0.15, -0.1) is 0 Å². The van der Waals surface area contributed by atoms with E-state index in [2.05, 4.69) is 5.32 Å². The smallest absolute Gasteiger partial charge is 0.407 e. The lowest BCUT2D eigenvalue weighted by molar-refractivity contribution is -0.154. The highest BCUT2D eigenvalue weighted by Crippen LogP contribution is 2.21. The van der Waals surface area contributed by atoms with Crippen molar-refractivity contribution in [2.24, 2.45) is 5.73 Å². The van der Waals surface area contributed by atoms with E-state index in [-0.39, 0.29) is 25.1 Å². The molecule has 1 saturated heterocycles. The minimum Gasteiger partial charge on any atom is -0.459 e. The summed E-state index contributed by atoms with van der Waals surface area (Å²) in [7, 11) is 0. The molecule has 3 N–H and O–H groups in total. The van der Waals surface area contributed by atoms with Gasteiger partial charge in [0.2, 0.25) is 5.91 Å². The molecule has 8 heteroatoms. The molecule has 3 rings (SSSR count). The molecule has 0 saturated carbocycles. The Labute approximate surface area is 200 Å². The maximum Gasteiger partial charge on any atom is 0.407 e. The molecule has 0 aliphatic carbocycles. The number of nitrogens with zero attached hydrogens (tertiary/aromatic N) is 1. The van der Waals surface area contributed by atoms with Crippen LogP contribution < -0.4 is 11.1 Å². The third kappa shape index (κ3) is 7.88. The predicted molar refractivity (Wildman–Crippen MR) is 127 cm³/mol. The fourth-order valence-electron chi connectivity index (χ4n) is 3.89. The molecule has 2 aromatic carbocycles. The lowest BCUT2D eigenvalue weighted by Crippen LogP contribution is -2.48. The first-order valence-corrected chi connectivity index (χ1v) is 11.8. The summed E-state index contributed by atoms with van der Waals surface area (Å²) in [5.41, 5.74) is 7.95. The average molecular weight is 468 g/mol. The number of likely N-dealkylation sites (tertiary alicyclic amines) is 1. The molecule has 2 atom stereocenters. The lowest BCUT2D eigenvalue weighted by Gasteiger charge is -2.26. The summed E-state index contributed by atoms with van der Waals surface area (Å²) in [6, 6.07) is 17.6. The van der Waals surface area contributed by atoms with Crippen molar-refractivity contribution in [1.82, 2.24) is 10.2 Å². The third-order valence-electron chi connectivity index (χ3n) is 5.77. The van der Waals surface area contributed by atoms with E-state index in [1.807, 2.05) is 60.7 Å². The van der Waals surface area contributed by atoms with Crippen LogP contribution in [0.25, 0.3) is 0 Å². The summed E-state index contributed by atoms with van der Waals surface area (Å²) in [6.07, 6.45) is 2.67. The van der Waals surface area contributed by atoms with Crippen LogP contribution in [0.1, 0.15) is 43.2 Å². The van der Waals surface area contributed by atoms with Crippen molar-refractivity contribution in [2.45, 2.75) is 57.4 Å². The summed E-state index contributed by atoms with van der Waals surface area (Å²) in [6.45, 7) is 1.35. The van der Waals surface area contributed by atoms with Gasteiger partial charge >= 0.3 is 12.1 Å². The van der Waals surface area contributed by atoms with Crippen molar-refractivity contribution in [1.29, 1.82) is 0 Å². The number of carbonyl (C=O) groups is 3. The first-order valence-electron chi connectivity index (χ1n) is 11.8. The number of hydrogen-bond donors (Lipinski definition) is 2. The highest BCUT2D eigenvalue weighted by atomic mass is 16.5. The molecule has 1 aliphatic heterocycles. The molecule has 1 aliphatic rings. The highest BCUT2D eigenvalue weighted by Gasteiger charge is 2.37. The van der Waals surface area contributed by atoms with E-state index in [1.165, 1.54) is 0 Å². The van der Waals surface area contributed by atoms with Crippen LogP contribution in [0.4, 0.5) is 4.79 Å². The van der Waals surface area contributed by atoms with Crippen LogP contribution in [-0.2, 0) is 32.3 Å². The van der Waals surface area contributed by atoms with Crippen LogP contribution >= 0.6 is 0 Å². The van der Waals surface area contributed by atoms with E-state index in [9.17, 15) is 14.4 Å². The van der Waals surface area contributed by atoms with Gasteiger partial charge in [0.15, 0.2) is 0 Å².